The van der Waals surface area contributed by atoms with Crippen molar-refractivity contribution < 1.29 is 4.79 Å². The van der Waals surface area contributed by atoms with Crippen LogP contribution in [0.2, 0.25) is 0 Å². The summed E-state index contributed by atoms with van der Waals surface area (Å²) in [6, 6.07) is 22.0. The highest BCUT2D eigenvalue weighted by molar-refractivity contribution is 7.99. The molecule has 8 heteroatoms. The number of para-hydroxylation sites is 1. The Morgan fingerprint density at radius 1 is 1.00 bits per heavy atom. The highest BCUT2D eigenvalue weighted by Crippen LogP contribution is 2.30. The summed E-state index contributed by atoms with van der Waals surface area (Å²) in [6.45, 7) is 8.40. The Labute approximate surface area is 209 Å². The van der Waals surface area contributed by atoms with E-state index in [1.807, 2.05) is 54.0 Å². The fraction of sp³-hybridized carbons (Fsp3) is 0.222. The van der Waals surface area contributed by atoms with Gasteiger partial charge in [0, 0.05) is 29.2 Å². The summed E-state index contributed by atoms with van der Waals surface area (Å²) in [6.07, 6.45) is 3.40. The van der Waals surface area contributed by atoms with E-state index < -0.39 is 0 Å². The van der Waals surface area contributed by atoms with Crippen LogP contribution >= 0.6 is 11.8 Å². The first-order chi connectivity index (χ1) is 16.8. The lowest BCUT2D eigenvalue weighted by Crippen LogP contribution is -2.21. The molecule has 2 heterocycles. The molecular weight excluding hydrogens is 456 g/mol. The number of hydrogen-bond donors (Lipinski definition) is 1. The van der Waals surface area contributed by atoms with Crippen molar-refractivity contribution in [3.63, 3.8) is 0 Å². The quantitative estimate of drug-likeness (QED) is 0.220. The molecule has 0 aliphatic rings. The third-order valence-electron chi connectivity index (χ3n) is 5.42. The molecule has 0 radical (unpaired) electrons. The van der Waals surface area contributed by atoms with Crippen LogP contribution in [0.25, 0.3) is 17.1 Å². The molecule has 0 atom stereocenters. The fourth-order valence-electron chi connectivity index (χ4n) is 3.43. The maximum Gasteiger partial charge on any atom is 0.250 e. The SMILES string of the molecule is CC(=NNC(=O)CSc1nnc(-c2ccc(C(C)(C)C)cc2)n1-c1ccccc1)c1cccnc1. The van der Waals surface area contributed by atoms with Crippen molar-refractivity contribution in [2.24, 2.45) is 5.10 Å². The Morgan fingerprint density at radius 2 is 1.74 bits per heavy atom. The number of carbonyl (C=O) groups excluding carboxylic acids is 1. The Bertz CT molecular complexity index is 1310. The van der Waals surface area contributed by atoms with Crippen molar-refractivity contribution in [2.75, 3.05) is 5.75 Å². The van der Waals surface area contributed by atoms with E-state index in [0.717, 1.165) is 22.6 Å². The van der Waals surface area contributed by atoms with E-state index in [-0.39, 0.29) is 17.1 Å². The molecule has 0 saturated heterocycles. The zero-order valence-corrected chi connectivity index (χ0v) is 21.1. The first-order valence-corrected chi connectivity index (χ1v) is 12.3. The van der Waals surface area contributed by atoms with Crippen LogP contribution < -0.4 is 5.43 Å². The number of thioether (sulfide) groups is 1. The van der Waals surface area contributed by atoms with E-state index in [2.05, 4.69) is 70.7 Å². The first kappa shape index (κ1) is 24.3. The number of hydrogen-bond acceptors (Lipinski definition) is 6. The van der Waals surface area contributed by atoms with Gasteiger partial charge in [-0.05, 0) is 36.1 Å². The van der Waals surface area contributed by atoms with Crippen molar-refractivity contribution in [2.45, 2.75) is 38.3 Å². The molecular formula is C27H28N6OS. The summed E-state index contributed by atoms with van der Waals surface area (Å²) in [5, 5.41) is 13.7. The molecule has 7 nitrogen and oxygen atoms in total. The fourth-order valence-corrected chi connectivity index (χ4v) is 4.17. The second kappa shape index (κ2) is 10.7. The summed E-state index contributed by atoms with van der Waals surface area (Å²) in [5.41, 5.74) is 7.36. The summed E-state index contributed by atoms with van der Waals surface area (Å²) >= 11 is 1.32. The van der Waals surface area contributed by atoms with Gasteiger partial charge in [-0.15, -0.1) is 10.2 Å². The van der Waals surface area contributed by atoms with Gasteiger partial charge in [-0.1, -0.05) is 81.1 Å². The zero-order valence-electron chi connectivity index (χ0n) is 20.3. The number of carbonyl (C=O) groups is 1. The highest BCUT2D eigenvalue weighted by Gasteiger charge is 2.19. The molecule has 0 aliphatic heterocycles. The van der Waals surface area contributed by atoms with Gasteiger partial charge in [-0.25, -0.2) is 5.43 Å². The van der Waals surface area contributed by atoms with Crippen LogP contribution in [0.3, 0.4) is 0 Å². The largest absolute Gasteiger partial charge is 0.272 e. The van der Waals surface area contributed by atoms with E-state index in [1.54, 1.807) is 12.4 Å². The van der Waals surface area contributed by atoms with Crippen molar-refractivity contribution in [3.05, 3.63) is 90.3 Å². The number of rotatable bonds is 7. The summed E-state index contributed by atoms with van der Waals surface area (Å²) in [4.78, 5) is 16.6. The van der Waals surface area contributed by atoms with Crippen LogP contribution in [-0.4, -0.2) is 37.1 Å². The normalized spacial score (nSPS) is 11.9. The molecule has 1 N–H and O–H groups in total. The molecule has 0 bridgehead atoms. The number of pyridine rings is 1. The molecule has 0 aliphatic carbocycles. The standard InChI is InChI=1S/C27H28N6OS/c1-19(21-9-8-16-28-17-21)29-30-24(34)18-35-26-32-31-25(33(26)23-10-6-5-7-11-23)20-12-14-22(15-13-20)27(2,3)4/h5-17H,18H2,1-4H3,(H,30,34). The molecule has 35 heavy (non-hydrogen) atoms. The van der Waals surface area contributed by atoms with Crippen LogP contribution in [-0.2, 0) is 10.2 Å². The van der Waals surface area contributed by atoms with E-state index in [1.165, 1.54) is 17.3 Å². The molecule has 0 fully saturated rings. The molecule has 0 saturated carbocycles. The molecule has 4 aromatic rings. The van der Waals surface area contributed by atoms with Gasteiger partial charge in [0.15, 0.2) is 11.0 Å². The van der Waals surface area contributed by atoms with Crippen molar-refractivity contribution in [1.29, 1.82) is 0 Å². The maximum atomic E-state index is 12.5. The molecule has 1 amide bonds. The number of hydrazone groups is 1. The molecule has 2 aromatic carbocycles. The minimum atomic E-state index is -0.225. The lowest BCUT2D eigenvalue weighted by Gasteiger charge is -2.19. The van der Waals surface area contributed by atoms with Crippen LogP contribution in [0.5, 0.6) is 0 Å². The molecule has 0 spiro atoms. The number of benzene rings is 2. The number of nitrogens with zero attached hydrogens (tertiary/aromatic N) is 5. The zero-order chi connectivity index (χ0) is 24.8. The molecule has 4 rings (SSSR count). The Balaban J connectivity index is 1.54. The Kier molecular flexibility index (Phi) is 7.41. The monoisotopic (exact) mass is 484 g/mol. The molecule has 0 unspecified atom stereocenters. The van der Waals surface area contributed by atoms with Gasteiger partial charge < -0.3 is 0 Å². The van der Waals surface area contributed by atoms with Gasteiger partial charge in [0.25, 0.3) is 5.91 Å². The minimum Gasteiger partial charge on any atom is -0.272 e. The summed E-state index contributed by atoms with van der Waals surface area (Å²) in [7, 11) is 0. The third kappa shape index (κ3) is 6.02. The maximum absolute atomic E-state index is 12.5. The summed E-state index contributed by atoms with van der Waals surface area (Å²) < 4.78 is 1.98. The second-order valence-corrected chi connectivity index (χ2v) is 10.0. The van der Waals surface area contributed by atoms with Gasteiger partial charge >= 0.3 is 0 Å². The number of aromatic nitrogens is 4. The third-order valence-corrected chi connectivity index (χ3v) is 6.35. The van der Waals surface area contributed by atoms with E-state index in [0.29, 0.717) is 10.9 Å². The Morgan fingerprint density at radius 3 is 2.40 bits per heavy atom. The van der Waals surface area contributed by atoms with Crippen LogP contribution in [0.15, 0.2) is 89.4 Å². The lowest BCUT2D eigenvalue weighted by atomic mass is 9.87. The van der Waals surface area contributed by atoms with Crippen molar-refractivity contribution in [3.8, 4) is 17.1 Å². The van der Waals surface area contributed by atoms with Gasteiger partial charge in [-0.3, -0.25) is 14.3 Å². The molecule has 178 valence electrons. The highest BCUT2D eigenvalue weighted by atomic mass is 32.2. The first-order valence-electron chi connectivity index (χ1n) is 11.3. The molecule has 2 aromatic heterocycles. The van der Waals surface area contributed by atoms with Crippen LogP contribution in [0, 0.1) is 0 Å². The van der Waals surface area contributed by atoms with Crippen molar-refractivity contribution >= 4 is 23.4 Å². The van der Waals surface area contributed by atoms with Gasteiger partial charge in [0.05, 0.1) is 11.5 Å². The Hall–Kier alpha value is -3.78. The van der Waals surface area contributed by atoms with Crippen LogP contribution in [0.1, 0.15) is 38.8 Å². The average molecular weight is 485 g/mol. The minimum absolute atomic E-state index is 0.0673. The average Bonchev–Trinajstić information content (AvgIpc) is 3.30. The van der Waals surface area contributed by atoms with Gasteiger partial charge in [0.1, 0.15) is 0 Å². The van der Waals surface area contributed by atoms with Crippen LogP contribution in [0.4, 0.5) is 0 Å². The van der Waals surface area contributed by atoms with Gasteiger partial charge in [-0.2, -0.15) is 5.10 Å². The second-order valence-electron chi connectivity index (χ2n) is 9.07. The summed E-state index contributed by atoms with van der Waals surface area (Å²) in [5.74, 6) is 0.652. The predicted octanol–water partition coefficient (Wildman–Crippen LogP) is 5.26. The lowest BCUT2D eigenvalue weighted by molar-refractivity contribution is -0.118. The predicted molar refractivity (Wildman–Crippen MR) is 141 cm³/mol. The number of amides is 1. The number of nitrogens with one attached hydrogen (secondary N) is 1. The smallest absolute Gasteiger partial charge is 0.250 e. The van der Waals surface area contributed by atoms with Gasteiger partial charge in [0.2, 0.25) is 0 Å². The van der Waals surface area contributed by atoms with E-state index >= 15 is 0 Å². The van der Waals surface area contributed by atoms with Crippen molar-refractivity contribution in [1.82, 2.24) is 25.2 Å². The topological polar surface area (TPSA) is 85.1 Å². The van der Waals surface area contributed by atoms with E-state index in [9.17, 15) is 4.79 Å². The van der Waals surface area contributed by atoms with E-state index in [4.69, 9.17) is 0 Å².